The van der Waals surface area contributed by atoms with Gasteiger partial charge >= 0.3 is 0 Å². The number of hydrogen-bond acceptors (Lipinski definition) is 7. The first-order chi connectivity index (χ1) is 11.0. The molecule has 0 saturated heterocycles. The molecule has 23 heavy (non-hydrogen) atoms. The van der Waals surface area contributed by atoms with Crippen LogP contribution in [-0.2, 0) is 0 Å². The van der Waals surface area contributed by atoms with E-state index in [1.54, 1.807) is 11.3 Å². The minimum absolute atomic E-state index is 0.445. The molecule has 0 spiro atoms. The fraction of sp³-hybridized carbons (Fsp3) is 0.133. The highest BCUT2D eigenvalue weighted by molar-refractivity contribution is 9.10. The van der Waals surface area contributed by atoms with Crippen LogP contribution in [0.25, 0.3) is 0 Å². The van der Waals surface area contributed by atoms with Crippen LogP contribution in [0.15, 0.2) is 35.1 Å². The van der Waals surface area contributed by atoms with Gasteiger partial charge in [-0.1, -0.05) is 15.9 Å². The molecule has 0 aliphatic rings. The van der Waals surface area contributed by atoms with Gasteiger partial charge < -0.3 is 16.4 Å². The molecule has 6 nitrogen and oxygen atoms in total. The summed E-state index contributed by atoms with van der Waals surface area (Å²) in [6, 6.07) is 7.76. The normalized spacial score (nSPS) is 10.6. The standard InChI is InChI=1S/C15H15BrN6S/c1-8-9(2)23-15(20-8)22-14-12(17)13(18-7-19-14)21-11-5-3-10(16)4-6-11/h3-7H,17H2,1-2H3,(H2,18,19,20,21,22). The minimum atomic E-state index is 0.445. The van der Waals surface area contributed by atoms with Crippen molar-refractivity contribution in [3.8, 4) is 0 Å². The van der Waals surface area contributed by atoms with Gasteiger partial charge in [0.1, 0.15) is 12.0 Å². The van der Waals surface area contributed by atoms with Crippen LogP contribution in [0, 0.1) is 13.8 Å². The van der Waals surface area contributed by atoms with E-state index in [1.165, 1.54) is 6.33 Å². The first kappa shape index (κ1) is 15.7. The Labute approximate surface area is 146 Å². The van der Waals surface area contributed by atoms with Crippen molar-refractivity contribution >= 4 is 55.4 Å². The second-order valence-corrected chi connectivity index (χ2v) is 7.02. The van der Waals surface area contributed by atoms with Gasteiger partial charge in [-0.2, -0.15) is 0 Å². The van der Waals surface area contributed by atoms with E-state index >= 15 is 0 Å². The van der Waals surface area contributed by atoms with Gasteiger partial charge in [-0.3, -0.25) is 0 Å². The zero-order valence-electron chi connectivity index (χ0n) is 12.6. The van der Waals surface area contributed by atoms with Crippen molar-refractivity contribution in [1.29, 1.82) is 0 Å². The van der Waals surface area contributed by atoms with E-state index in [9.17, 15) is 0 Å². The zero-order chi connectivity index (χ0) is 16.4. The molecule has 0 unspecified atom stereocenters. The van der Waals surface area contributed by atoms with Gasteiger partial charge in [0.15, 0.2) is 16.8 Å². The van der Waals surface area contributed by atoms with Crippen molar-refractivity contribution in [1.82, 2.24) is 15.0 Å². The second-order valence-electron chi connectivity index (χ2n) is 4.90. The van der Waals surface area contributed by atoms with Crippen LogP contribution >= 0.6 is 27.3 Å². The summed E-state index contributed by atoms with van der Waals surface area (Å²) < 4.78 is 1.01. The van der Waals surface area contributed by atoms with Crippen molar-refractivity contribution in [2.24, 2.45) is 0 Å². The molecule has 0 aliphatic heterocycles. The molecule has 3 rings (SSSR count). The predicted molar refractivity (Wildman–Crippen MR) is 98.7 cm³/mol. The van der Waals surface area contributed by atoms with E-state index in [4.69, 9.17) is 5.73 Å². The predicted octanol–water partition coefficient (Wildman–Crippen LogP) is 4.38. The highest BCUT2D eigenvalue weighted by Gasteiger charge is 2.11. The van der Waals surface area contributed by atoms with Gasteiger partial charge in [0.2, 0.25) is 0 Å². The summed E-state index contributed by atoms with van der Waals surface area (Å²) in [7, 11) is 0. The molecule has 0 bridgehead atoms. The Kier molecular flexibility index (Phi) is 4.44. The van der Waals surface area contributed by atoms with Gasteiger partial charge in [-0.25, -0.2) is 15.0 Å². The van der Waals surface area contributed by atoms with E-state index in [0.29, 0.717) is 17.3 Å². The molecule has 0 saturated carbocycles. The van der Waals surface area contributed by atoms with Crippen molar-refractivity contribution < 1.29 is 0 Å². The molecule has 8 heteroatoms. The quantitative estimate of drug-likeness (QED) is 0.612. The number of hydrogen-bond donors (Lipinski definition) is 3. The summed E-state index contributed by atoms with van der Waals surface area (Å²) in [6.45, 7) is 4.00. The molecule has 0 amide bonds. The molecule has 0 radical (unpaired) electrons. The molecule has 1 aromatic carbocycles. The Balaban J connectivity index is 1.84. The number of halogens is 1. The van der Waals surface area contributed by atoms with E-state index in [0.717, 1.165) is 25.9 Å². The minimum Gasteiger partial charge on any atom is -0.393 e. The number of thiazole rings is 1. The maximum absolute atomic E-state index is 6.17. The average Bonchev–Trinajstić information content (AvgIpc) is 2.84. The lowest BCUT2D eigenvalue weighted by Crippen LogP contribution is -2.05. The number of nitrogens with one attached hydrogen (secondary N) is 2. The molecule has 0 aliphatic carbocycles. The van der Waals surface area contributed by atoms with E-state index < -0.39 is 0 Å². The zero-order valence-corrected chi connectivity index (χ0v) is 15.0. The lowest BCUT2D eigenvalue weighted by atomic mass is 10.3. The number of nitrogen functional groups attached to an aromatic ring is 1. The number of nitrogens with zero attached hydrogens (tertiary/aromatic N) is 3. The summed E-state index contributed by atoms with van der Waals surface area (Å²) in [5, 5.41) is 7.11. The fourth-order valence-corrected chi connectivity index (χ4v) is 2.97. The van der Waals surface area contributed by atoms with Crippen molar-refractivity contribution in [3.63, 3.8) is 0 Å². The number of benzene rings is 1. The lowest BCUT2D eigenvalue weighted by Gasteiger charge is -2.11. The third-order valence-electron chi connectivity index (χ3n) is 3.24. The van der Waals surface area contributed by atoms with Gasteiger partial charge in [0.25, 0.3) is 0 Å². The van der Waals surface area contributed by atoms with Crippen LogP contribution in [0.3, 0.4) is 0 Å². The lowest BCUT2D eigenvalue weighted by molar-refractivity contribution is 1.16. The van der Waals surface area contributed by atoms with Crippen molar-refractivity contribution in [3.05, 3.63) is 45.6 Å². The molecular formula is C15H15BrN6S. The topological polar surface area (TPSA) is 88.8 Å². The van der Waals surface area contributed by atoms with Gasteiger partial charge in [0.05, 0.1) is 5.69 Å². The van der Waals surface area contributed by atoms with Crippen LogP contribution in [0.4, 0.5) is 28.1 Å². The molecule has 3 aromatic rings. The Hall–Kier alpha value is -2.19. The third-order valence-corrected chi connectivity index (χ3v) is 4.76. The molecular weight excluding hydrogens is 376 g/mol. The third kappa shape index (κ3) is 3.59. The Morgan fingerprint density at radius 3 is 2.30 bits per heavy atom. The highest BCUT2D eigenvalue weighted by Crippen LogP contribution is 2.30. The Morgan fingerprint density at radius 1 is 1.04 bits per heavy atom. The molecule has 4 N–H and O–H groups in total. The number of nitrogens with two attached hydrogens (primary N) is 1. The van der Waals surface area contributed by atoms with E-state index in [-0.39, 0.29) is 0 Å². The highest BCUT2D eigenvalue weighted by atomic mass is 79.9. The molecule has 2 aromatic heterocycles. The SMILES string of the molecule is Cc1nc(Nc2ncnc(Nc3ccc(Br)cc3)c2N)sc1C. The molecule has 0 fully saturated rings. The molecule has 2 heterocycles. The molecule has 0 atom stereocenters. The number of anilines is 5. The van der Waals surface area contributed by atoms with Crippen LogP contribution in [0.2, 0.25) is 0 Å². The van der Waals surface area contributed by atoms with Crippen LogP contribution in [0.5, 0.6) is 0 Å². The van der Waals surface area contributed by atoms with Crippen molar-refractivity contribution in [2.45, 2.75) is 13.8 Å². The summed E-state index contributed by atoms with van der Waals surface area (Å²) in [4.78, 5) is 14.0. The second kappa shape index (κ2) is 6.51. The summed E-state index contributed by atoms with van der Waals surface area (Å²) in [5.74, 6) is 1.09. The van der Waals surface area contributed by atoms with E-state index in [1.807, 2.05) is 38.1 Å². The van der Waals surface area contributed by atoms with Gasteiger partial charge in [-0.05, 0) is 38.1 Å². The fourth-order valence-electron chi connectivity index (χ4n) is 1.89. The molecule has 118 valence electrons. The number of rotatable bonds is 4. The van der Waals surface area contributed by atoms with E-state index in [2.05, 4.69) is 41.5 Å². The maximum Gasteiger partial charge on any atom is 0.188 e. The van der Waals surface area contributed by atoms with Crippen molar-refractivity contribution in [2.75, 3.05) is 16.4 Å². The largest absolute Gasteiger partial charge is 0.393 e. The van der Waals surface area contributed by atoms with Crippen LogP contribution in [-0.4, -0.2) is 15.0 Å². The smallest absolute Gasteiger partial charge is 0.188 e. The number of aryl methyl sites for hydroxylation is 2. The van der Waals surface area contributed by atoms with Crippen LogP contribution in [0.1, 0.15) is 10.6 Å². The van der Waals surface area contributed by atoms with Gasteiger partial charge in [-0.15, -0.1) is 11.3 Å². The summed E-state index contributed by atoms with van der Waals surface area (Å²) >= 11 is 4.97. The van der Waals surface area contributed by atoms with Gasteiger partial charge in [0, 0.05) is 15.0 Å². The van der Waals surface area contributed by atoms with Crippen LogP contribution < -0.4 is 16.4 Å². The average molecular weight is 391 g/mol. The summed E-state index contributed by atoms with van der Waals surface area (Å²) in [5.41, 5.74) is 8.51. The Morgan fingerprint density at radius 2 is 1.70 bits per heavy atom. The first-order valence-electron chi connectivity index (χ1n) is 6.87. The summed E-state index contributed by atoms with van der Waals surface area (Å²) in [6.07, 6.45) is 1.47. The Bertz CT molecular complexity index is 811. The number of aromatic nitrogens is 3. The first-order valence-corrected chi connectivity index (χ1v) is 8.48. The maximum atomic E-state index is 6.17. The monoisotopic (exact) mass is 390 g/mol.